The molecule has 306 valence electrons. The van der Waals surface area contributed by atoms with E-state index in [4.69, 9.17) is 5.11 Å². The molecule has 4 N–H and O–H groups in total. The zero-order valence-corrected chi connectivity index (χ0v) is 34.5. The zero-order valence-electron chi connectivity index (χ0n) is 33.6. The second-order valence-electron chi connectivity index (χ2n) is 15.0. The molecule has 0 radical (unpaired) electrons. The van der Waals surface area contributed by atoms with Gasteiger partial charge in [0.05, 0.1) is 0 Å². The summed E-state index contributed by atoms with van der Waals surface area (Å²) in [5, 5.41) is 23.9. The summed E-state index contributed by atoms with van der Waals surface area (Å²) in [4.78, 5) is 50.3. The van der Waals surface area contributed by atoms with Gasteiger partial charge in [0.15, 0.2) is 0 Å². The van der Waals surface area contributed by atoms with Gasteiger partial charge < -0.3 is 20.8 Å². The second kappa shape index (κ2) is 37.5. The molecule has 0 saturated heterocycles. The first-order valence-corrected chi connectivity index (χ1v) is 22.3. The molecule has 9 nitrogen and oxygen atoms in total. The van der Waals surface area contributed by atoms with Gasteiger partial charge in [-0.3, -0.25) is 24.1 Å². The Labute approximate surface area is 324 Å². The molecule has 0 aliphatic carbocycles. The lowest BCUT2D eigenvalue weighted by atomic mass is 10.0. The summed E-state index contributed by atoms with van der Waals surface area (Å²) >= 11 is 4.12. The number of carboxylic acids is 2. The third-order valence-corrected chi connectivity index (χ3v) is 10.6. The Morgan fingerprint density at radius 3 is 1.21 bits per heavy atom. The van der Waals surface area contributed by atoms with Crippen molar-refractivity contribution in [1.82, 2.24) is 15.5 Å². The maximum atomic E-state index is 12.7. The lowest BCUT2D eigenvalue weighted by Crippen LogP contribution is -2.49. The van der Waals surface area contributed by atoms with Crippen molar-refractivity contribution in [2.75, 3.05) is 25.4 Å². The van der Waals surface area contributed by atoms with E-state index in [9.17, 15) is 24.3 Å². The van der Waals surface area contributed by atoms with Gasteiger partial charge in [-0.15, -0.1) is 0 Å². The number of thiol groups is 1. The van der Waals surface area contributed by atoms with Gasteiger partial charge in [-0.05, 0) is 32.4 Å². The molecular weight excluding hydrogens is 675 g/mol. The van der Waals surface area contributed by atoms with Gasteiger partial charge >= 0.3 is 11.9 Å². The summed E-state index contributed by atoms with van der Waals surface area (Å²) in [6.45, 7) is 5.37. The Morgan fingerprint density at radius 1 is 0.558 bits per heavy atom. The molecule has 0 saturated carbocycles. The molecule has 52 heavy (non-hydrogen) atoms. The quantitative estimate of drug-likeness (QED) is 0.0310. The summed E-state index contributed by atoms with van der Waals surface area (Å²) in [6, 6.07) is -1.76. The van der Waals surface area contributed by atoms with E-state index < -0.39 is 42.4 Å². The Hall–Kier alpha value is -1.81. The molecule has 0 aromatic rings. The lowest BCUT2D eigenvalue weighted by Gasteiger charge is -2.29. The zero-order chi connectivity index (χ0) is 38.5. The van der Waals surface area contributed by atoms with Gasteiger partial charge in [-0.1, -0.05) is 181 Å². The fraction of sp³-hybridized carbons (Fsp3) is 0.905. The van der Waals surface area contributed by atoms with Crippen LogP contribution in [0.2, 0.25) is 0 Å². The first-order chi connectivity index (χ1) is 25.3. The predicted molar refractivity (Wildman–Crippen MR) is 219 cm³/mol. The van der Waals surface area contributed by atoms with E-state index >= 15 is 0 Å². The minimum Gasteiger partial charge on any atom is -0.480 e. The van der Waals surface area contributed by atoms with Gasteiger partial charge in [-0.25, -0.2) is 0 Å². The predicted octanol–water partition coefficient (Wildman–Crippen LogP) is 10.1. The molecule has 0 bridgehead atoms. The van der Waals surface area contributed by atoms with Crippen LogP contribution in [0.1, 0.15) is 206 Å². The molecule has 0 aliphatic heterocycles. The number of carboxylic acid groups (broad SMARTS) is 2. The Morgan fingerprint density at radius 2 is 0.904 bits per heavy atom. The summed E-state index contributed by atoms with van der Waals surface area (Å²) < 4.78 is 0. The molecule has 0 heterocycles. The molecular formula is C42H81N3O6S. The maximum absolute atomic E-state index is 12.7. The van der Waals surface area contributed by atoms with Crippen molar-refractivity contribution in [2.45, 2.75) is 219 Å². The standard InChI is InChI=1S/C42H81N3O6S/c1-3-5-7-9-11-13-15-17-19-21-23-25-27-29-33-45(34-30-28-26-24-22-20-18-16-14-12-10-8-6-4-2)38(42(50)51)31-32-39(46)44-37(36-52)41(49)43-35-40(47)48/h37-38,52H,3-36H2,1-2H3,(H,43,49)(H,44,46)(H,47,48)(H,50,51)/t37-,38-/m0/s1. The summed E-state index contributed by atoms with van der Waals surface area (Å²) in [7, 11) is 0. The Kier molecular flexibility index (Phi) is 36.2. The van der Waals surface area contributed by atoms with Crippen molar-refractivity contribution in [1.29, 1.82) is 0 Å². The number of hydrogen-bond donors (Lipinski definition) is 5. The topological polar surface area (TPSA) is 136 Å². The molecule has 2 amide bonds. The highest BCUT2D eigenvalue weighted by atomic mass is 32.1. The Balaban J connectivity index is 4.70. The number of aliphatic carboxylic acids is 2. The lowest BCUT2D eigenvalue weighted by molar-refractivity contribution is -0.144. The number of amides is 2. The largest absolute Gasteiger partial charge is 0.480 e. The van der Waals surface area contributed by atoms with E-state index in [-0.39, 0.29) is 18.6 Å². The summed E-state index contributed by atoms with van der Waals surface area (Å²) in [5.41, 5.74) is 0. The van der Waals surface area contributed by atoms with Crippen LogP contribution < -0.4 is 10.6 Å². The van der Waals surface area contributed by atoms with Crippen LogP contribution in [0.5, 0.6) is 0 Å². The number of nitrogens with one attached hydrogen (secondary N) is 2. The number of nitrogens with zero attached hydrogens (tertiary/aromatic N) is 1. The van der Waals surface area contributed by atoms with E-state index in [1.54, 1.807) is 0 Å². The van der Waals surface area contributed by atoms with Crippen LogP contribution in [0.25, 0.3) is 0 Å². The number of unbranched alkanes of at least 4 members (excludes halogenated alkanes) is 26. The van der Waals surface area contributed by atoms with Crippen LogP contribution in [-0.2, 0) is 19.2 Å². The SMILES string of the molecule is CCCCCCCCCCCCCCCCN(CCCCCCCCCCCCCCCC)[C@@H](CCC(=O)N[C@@H](CS)C(=O)NCC(=O)O)C(=O)O. The molecule has 0 fully saturated rings. The molecule has 0 aromatic carbocycles. The number of carbonyl (C=O) groups excluding carboxylic acids is 2. The van der Waals surface area contributed by atoms with Crippen molar-refractivity contribution in [3.63, 3.8) is 0 Å². The smallest absolute Gasteiger partial charge is 0.322 e. The first-order valence-electron chi connectivity index (χ1n) is 21.6. The summed E-state index contributed by atoms with van der Waals surface area (Å²) in [6.07, 6.45) is 35.8. The van der Waals surface area contributed by atoms with Gasteiger partial charge in [-0.2, -0.15) is 12.6 Å². The van der Waals surface area contributed by atoms with Crippen LogP contribution in [-0.4, -0.2) is 76.3 Å². The van der Waals surface area contributed by atoms with Gasteiger partial charge in [0, 0.05) is 12.2 Å². The molecule has 10 heteroatoms. The monoisotopic (exact) mass is 756 g/mol. The second-order valence-corrected chi connectivity index (χ2v) is 15.4. The summed E-state index contributed by atoms with van der Waals surface area (Å²) in [5.74, 6) is -3.17. The molecule has 0 unspecified atom stereocenters. The van der Waals surface area contributed by atoms with Crippen molar-refractivity contribution < 1.29 is 29.4 Å². The van der Waals surface area contributed by atoms with Crippen LogP contribution >= 0.6 is 12.6 Å². The molecule has 2 atom stereocenters. The van der Waals surface area contributed by atoms with E-state index in [2.05, 4.69) is 42.0 Å². The molecule has 0 aromatic heterocycles. The third-order valence-electron chi connectivity index (χ3n) is 10.2. The third kappa shape index (κ3) is 31.7. The average molecular weight is 756 g/mol. The Bertz CT molecular complexity index is 845. The fourth-order valence-electron chi connectivity index (χ4n) is 6.92. The number of rotatable bonds is 40. The molecule has 0 spiro atoms. The van der Waals surface area contributed by atoms with E-state index in [1.807, 2.05) is 0 Å². The van der Waals surface area contributed by atoms with E-state index in [1.165, 1.54) is 154 Å². The first kappa shape index (κ1) is 50.2. The van der Waals surface area contributed by atoms with Crippen molar-refractivity contribution in [3.8, 4) is 0 Å². The van der Waals surface area contributed by atoms with Crippen molar-refractivity contribution in [3.05, 3.63) is 0 Å². The number of hydrogen-bond acceptors (Lipinski definition) is 6. The van der Waals surface area contributed by atoms with Gasteiger partial charge in [0.25, 0.3) is 0 Å². The van der Waals surface area contributed by atoms with Crippen LogP contribution in [0.4, 0.5) is 0 Å². The number of carbonyl (C=O) groups is 4. The van der Waals surface area contributed by atoms with E-state index in [0.717, 1.165) is 25.7 Å². The van der Waals surface area contributed by atoms with Crippen LogP contribution in [0.15, 0.2) is 0 Å². The molecule has 0 aliphatic rings. The van der Waals surface area contributed by atoms with E-state index in [0.29, 0.717) is 13.1 Å². The highest BCUT2D eigenvalue weighted by Crippen LogP contribution is 2.17. The fourth-order valence-corrected chi connectivity index (χ4v) is 7.18. The van der Waals surface area contributed by atoms with Crippen LogP contribution in [0.3, 0.4) is 0 Å². The van der Waals surface area contributed by atoms with Crippen LogP contribution in [0, 0.1) is 0 Å². The van der Waals surface area contributed by atoms with Gasteiger partial charge in [0.2, 0.25) is 11.8 Å². The highest BCUT2D eigenvalue weighted by Gasteiger charge is 2.27. The highest BCUT2D eigenvalue weighted by molar-refractivity contribution is 7.80. The van der Waals surface area contributed by atoms with Gasteiger partial charge in [0.1, 0.15) is 18.6 Å². The minimum atomic E-state index is -1.18. The maximum Gasteiger partial charge on any atom is 0.322 e. The van der Waals surface area contributed by atoms with Crippen molar-refractivity contribution in [2.24, 2.45) is 0 Å². The molecule has 0 rings (SSSR count). The average Bonchev–Trinajstić information content (AvgIpc) is 3.12. The minimum absolute atomic E-state index is 0.00390. The van der Waals surface area contributed by atoms with Crippen molar-refractivity contribution >= 4 is 36.4 Å². The normalized spacial score (nSPS) is 12.5.